The molecule has 4 aromatic rings. The van der Waals surface area contributed by atoms with Gasteiger partial charge in [-0.05, 0) is 31.0 Å². The lowest BCUT2D eigenvalue weighted by Crippen LogP contribution is -2.31. The lowest BCUT2D eigenvalue weighted by Gasteiger charge is -2.27. The fourth-order valence-electron chi connectivity index (χ4n) is 4.57. The summed E-state index contributed by atoms with van der Waals surface area (Å²) in [6, 6.07) is 13.7. The highest BCUT2D eigenvalue weighted by Gasteiger charge is 2.42. The first-order chi connectivity index (χ1) is 16.6. The summed E-state index contributed by atoms with van der Waals surface area (Å²) in [5, 5.41) is 7.58. The molecule has 2 aromatic carbocycles. The van der Waals surface area contributed by atoms with Gasteiger partial charge in [0.05, 0.1) is 32.3 Å². The predicted molar refractivity (Wildman–Crippen MR) is 128 cm³/mol. The van der Waals surface area contributed by atoms with Crippen LogP contribution in [0.25, 0.3) is 11.3 Å². The van der Waals surface area contributed by atoms with Crippen LogP contribution in [0.3, 0.4) is 0 Å². The quantitative estimate of drug-likeness (QED) is 0.428. The van der Waals surface area contributed by atoms with Crippen LogP contribution in [0.1, 0.15) is 39.6 Å². The van der Waals surface area contributed by atoms with Crippen molar-refractivity contribution in [3.05, 3.63) is 83.6 Å². The Morgan fingerprint density at radius 2 is 1.82 bits per heavy atom. The number of hydrogen-bond acceptors (Lipinski definition) is 5. The lowest BCUT2D eigenvalue weighted by molar-refractivity contribution is 0.0739. The number of ether oxygens (including phenoxy) is 2. The molecular formula is C26H27N5O3. The predicted octanol–water partition coefficient (Wildman–Crippen LogP) is 4.23. The standard InChI is InChI=1S/C26H27N5O3/c1-17-5-7-18(8-6-17)23-22-24(29-28-23)26(32)31(13-4-12-30-14-11-27-16-30)25(22)19-9-10-20(33-2)21(15-19)34-3/h5-11,14-16,25H,4,12-13H2,1-3H3,(H,28,29). The molecule has 0 fully saturated rings. The van der Waals surface area contributed by atoms with Gasteiger partial charge in [0.25, 0.3) is 5.91 Å². The van der Waals surface area contributed by atoms with E-state index in [1.54, 1.807) is 26.7 Å². The topological polar surface area (TPSA) is 85.3 Å². The number of imidazole rings is 1. The highest BCUT2D eigenvalue weighted by molar-refractivity contribution is 6.00. The van der Waals surface area contributed by atoms with Crippen molar-refractivity contribution in [3.63, 3.8) is 0 Å². The van der Waals surface area contributed by atoms with Crippen molar-refractivity contribution in [2.24, 2.45) is 0 Å². The zero-order valence-electron chi connectivity index (χ0n) is 19.5. The van der Waals surface area contributed by atoms with E-state index in [4.69, 9.17) is 9.47 Å². The van der Waals surface area contributed by atoms with Crippen molar-refractivity contribution >= 4 is 5.91 Å². The number of carbonyl (C=O) groups excluding carboxylic acids is 1. The molecular weight excluding hydrogens is 430 g/mol. The van der Waals surface area contributed by atoms with Crippen molar-refractivity contribution in [2.75, 3.05) is 20.8 Å². The van der Waals surface area contributed by atoms with E-state index < -0.39 is 0 Å². The van der Waals surface area contributed by atoms with Crippen molar-refractivity contribution in [3.8, 4) is 22.8 Å². The second-order valence-electron chi connectivity index (χ2n) is 8.40. The summed E-state index contributed by atoms with van der Waals surface area (Å²) in [6.45, 7) is 3.42. The van der Waals surface area contributed by atoms with Crippen LogP contribution in [-0.4, -0.2) is 51.3 Å². The van der Waals surface area contributed by atoms with Gasteiger partial charge in [-0.3, -0.25) is 9.89 Å². The average Bonchev–Trinajstić information content (AvgIpc) is 3.58. The Morgan fingerprint density at radius 1 is 1.03 bits per heavy atom. The van der Waals surface area contributed by atoms with Crippen LogP contribution in [0.15, 0.2) is 61.2 Å². The number of carbonyl (C=O) groups is 1. The van der Waals surface area contributed by atoms with Crippen LogP contribution in [0, 0.1) is 6.92 Å². The molecule has 8 nitrogen and oxygen atoms in total. The second kappa shape index (κ2) is 9.05. The Hall–Kier alpha value is -4.07. The van der Waals surface area contributed by atoms with E-state index in [0.717, 1.165) is 35.3 Å². The summed E-state index contributed by atoms with van der Waals surface area (Å²) < 4.78 is 13.0. The molecule has 0 saturated heterocycles. The Kier molecular flexibility index (Phi) is 5.79. The van der Waals surface area contributed by atoms with E-state index in [2.05, 4.69) is 34.2 Å². The fourth-order valence-corrected chi connectivity index (χ4v) is 4.57. The van der Waals surface area contributed by atoms with Crippen molar-refractivity contribution in [2.45, 2.75) is 25.9 Å². The largest absolute Gasteiger partial charge is 0.493 e. The lowest BCUT2D eigenvalue weighted by atomic mass is 9.95. The Bertz CT molecular complexity index is 1290. The number of amides is 1. The number of nitrogens with zero attached hydrogens (tertiary/aromatic N) is 4. The zero-order valence-corrected chi connectivity index (χ0v) is 19.5. The number of methoxy groups -OCH3 is 2. The molecule has 5 rings (SSSR count). The third-order valence-corrected chi connectivity index (χ3v) is 6.29. The first-order valence-corrected chi connectivity index (χ1v) is 11.2. The molecule has 1 unspecified atom stereocenters. The third-order valence-electron chi connectivity index (χ3n) is 6.29. The van der Waals surface area contributed by atoms with Crippen LogP contribution < -0.4 is 9.47 Å². The van der Waals surface area contributed by atoms with Gasteiger partial charge in [-0.15, -0.1) is 0 Å². The highest BCUT2D eigenvalue weighted by atomic mass is 16.5. The molecule has 0 bridgehead atoms. The van der Waals surface area contributed by atoms with E-state index in [1.807, 2.05) is 46.0 Å². The van der Waals surface area contributed by atoms with Gasteiger partial charge in [0.1, 0.15) is 5.69 Å². The molecule has 34 heavy (non-hydrogen) atoms. The molecule has 0 radical (unpaired) electrons. The molecule has 8 heteroatoms. The fraction of sp³-hybridized carbons (Fsp3) is 0.269. The van der Waals surface area contributed by atoms with Crippen molar-refractivity contribution in [1.29, 1.82) is 0 Å². The van der Waals surface area contributed by atoms with Crippen molar-refractivity contribution in [1.82, 2.24) is 24.6 Å². The number of aryl methyl sites for hydroxylation is 2. The first kappa shape index (κ1) is 21.8. The minimum absolute atomic E-state index is 0.0497. The smallest absolute Gasteiger partial charge is 0.273 e. The average molecular weight is 458 g/mol. The number of aromatic amines is 1. The normalized spacial score (nSPS) is 15.0. The summed E-state index contributed by atoms with van der Waals surface area (Å²) in [4.78, 5) is 19.5. The number of rotatable bonds is 8. The van der Waals surface area contributed by atoms with Gasteiger partial charge in [-0.25, -0.2) is 4.98 Å². The van der Waals surface area contributed by atoms with Gasteiger partial charge in [-0.1, -0.05) is 35.9 Å². The molecule has 0 aliphatic carbocycles. The van der Waals surface area contributed by atoms with Gasteiger partial charge in [0, 0.05) is 36.6 Å². The monoisotopic (exact) mass is 457 g/mol. The molecule has 0 saturated carbocycles. The molecule has 0 spiro atoms. The SMILES string of the molecule is COc1ccc(C2c3c(-c4ccc(C)cc4)n[nH]c3C(=O)N2CCCn2ccnc2)cc1OC. The Balaban J connectivity index is 1.56. The molecule has 174 valence electrons. The second-order valence-corrected chi connectivity index (χ2v) is 8.40. The van der Waals surface area contributed by atoms with Crippen LogP contribution in [0.2, 0.25) is 0 Å². The summed E-state index contributed by atoms with van der Waals surface area (Å²) >= 11 is 0. The number of aromatic nitrogens is 4. The third kappa shape index (κ3) is 3.81. The van der Waals surface area contributed by atoms with E-state index in [0.29, 0.717) is 23.7 Å². The summed E-state index contributed by atoms with van der Waals surface area (Å²) in [7, 11) is 3.23. The number of fused-ring (bicyclic) bond motifs is 1. The molecule has 3 heterocycles. The summed E-state index contributed by atoms with van der Waals surface area (Å²) in [5.41, 5.74) is 5.32. The molecule has 1 amide bonds. The minimum atomic E-state index is -0.292. The van der Waals surface area contributed by atoms with Crippen LogP contribution >= 0.6 is 0 Å². The summed E-state index contributed by atoms with van der Waals surface area (Å²) in [5.74, 6) is 1.22. The van der Waals surface area contributed by atoms with Crippen LogP contribution in [0.4, 0.5) is 0 Å². The minimum Gasteiger partial charge on any atom is -0.493 e. The van der Waals surface area contributed by atoms with Crippen LogP contribution in [0.5, 0.6) is 11.5 Å². The maximum absolute atomic E-state index is 13.5. The van der Waals surface area contributed by atoms with E-state index in [9.17, 15) is 4.79 Å². The molecule has 1 atom stereocenters. The van der Waals surface area contributed by atoms with E-state index in [-0.39, 0.29) is 11.9 Å². The highest BCUT2D eigenvalue weighted by Crippen LogP contribution is 2.44. The van der Waals surface area contributed by atoms with Gasteiger partial charge in [-0.2, -0.15) is 5.10 Å². The number of hydrogen-bond donors (Lipinski definition) is 1. The first-order valence-electron chi connectivity index (χ1n) is 11.2. The Morgan fingerprint density at radius 3 is 2.53 bits per heavy atom. The molecule has 1 N–H and O–H groups in total. The van der Waals surface area contributed by atoms with Gasteiger partial charge in [0.2, 0.25) is 0 Å². The number of H-pyrrole nitrogens is 1. The van der Waals surface area contributed by atoms with Gasteiger partial charge < -0.3 is 18.9 Å². The zero-order chi connectivity index (χ0) is 23.7. The number of nitrogens with one attached hydrogen (secondary N) is 1. The summed E-state index contributed by atoms with van der Waals surface area (Å²) in [6.07, 6.45) is 6.28. The molecule has 2 aromatic heterocycles. The van der Waals surface area contributed by atoms with E-state index in [1.165, 1.54) is 5.56 Å². The van der Waals surface area contributed by atoms with Gasteiger partial charge >= 0.3 is 0 Å². The maximum atomic E-state index is 13.5. The maximum Gasteiger partial charge on any atom is 0.273 e. The van der Waals surface area contributed by atoms with Crippen LogP contribution in [-0.2, 0) is 6.54 Å². The van der Waals surface area contributed by atoms with Crippen molar-refractivity contribution < 1.29 is 14.3 Å². The number of benzene rings is 2. The molecule has 1 aliphatic heterocycles. The Labute approximate surface area is 198 Å². The van der Waals surface area contributed by atoms with Gasteiger partial charge in [0.15, 0.2) is 11.5 Å². The molecule has 1 aliphatic rings. The van der Waals surface area contributed by atoms with E-state index >= 15 is 0 Å².